The summed E-state index contributed by atoms with van der Waals surface area (Å²) >= 11 is 5.69. The molecule has 1 aromatic rings. The quantitative estimate of drug-likeness (QED) is 0.851. The summed E-state index contributed by atoms with van der Waals surface area (Å²) in [5.41, 5.74) is -0.443. The Hall–Kier alpha value is -0.940. The average Bonchev–Trinajstić information content (AvgIpc) is 2.52. The number of benzene rings is 1. The predicted octanol–water partition coefficient (Wildman–Crippen LogP) is 3.55. The van der Waals surface area contributed by atoms with E-state index in [-0.39, 0.29) is 16.8 Å². The van der Waals surface area contributed by atoms with E-state index >= 15 is 0 Å². The lowest BCUT2D eigenvalue weighted by Gasteiger charge is -2.28. The Morgan fingerprint density at radius 1 is 1.37 bits per heavy atom. The maximum Gasteiger partial charge on any atom is 0.418 e. The highest BCUT2D eigenvalue weighted by atomic mass is 35.5. The molecule has 1 unspecified atom stereocenters. The number of rotatable bonds is 1. The Balaban J connectivity index is 2.37. The van der Waals surface area contributed by atoms with Gasteiger partial charge in [-0.1, -0.05) is 11.6 Å². The van der Waals surface area contributed by atoms with E-state index < -0.39 is 11.7 Å². The first-order valence-electron chi connectivity index (χ1n) is 6.23. The van der Waals surface area contributed by atoms with Crippen molar-refractivity contribution in [2.75, 3.05) is 24.5 Å². The molecule has 106 valence electrons. The molecule has 0 aromatic heterocycles. The number of alkyl halides is 3. The zero-order valence-electron chi connectivity index (χ0n) is 10.6. The normalized spacial score (nSPS) is 21.3. The van der Waals surface area contributed by atoms with Crippen LogP contribution in [-0.2, 0) is 6.18 Å². The maximum absolute atomic E-state index is 13.1. The van der Waals surface area contributed by atoms with Crippen LogP contribution >= 0.6 is 11.6 Å². The van der Waals surface area contributed by atoms with Gasteiger partial charge in [0.05, 0.1) is 5.56 Å². The molecule has 0 aliphatic carbocycles. The van der Waals surface area contributed by atoms with Crippen LogP contribution in [0.25, 0.3) is 0 Å². The minimum absolute atomic E-state index is 0.108. The van der Waals surface area contributed by atoms with Gasteiger partial charge in [0.2, 0.25) is 0 Å². The monoisotopic (exact) mass is 292 g/mol. The van der Waals surface area contributed by atoms with Gasteiger partial charge >= 0.3 is 6.18 Å². The van der Waals surface area contributed by atoms with Gasteiger partial charge in [-0.3, -0.25) is 0 Å². The summed E-state index contributed by atoms with van der Waals surface area (Å²) in [5, 5.41) is 3.37. The molecule has 1 saturated heterocycles. The lowest BCUT2D eigenvalue weighted by atomic mass is 10.1. The highest BCUT2D eigenvalue weighted by Crippen LogP contribution is 2.38. The van der Waals surface area contributed by atoms with Crippen molar-refractivity contribution in [2.24, 2.45) is 0 Å². The molecule has 1 aliphatic heterocycles. The van der Waals surface area contributed by atoms with Gasteiger partial charge in [-0.15, -0.1) is 0 Å². The second kappa shape index (κ2) is 5.59. The lowest BCUT2D eigenvalue weighted by molar-refractivity contribution is -0.137. The van der Waals surface area contributed by atoms with Gasteiger partial charge in [0.1, 0.15) is 0 Å². The largest absolute Gasteiger partial charge is 0.418 e. The van der Waals surface area contributed by atoms with Crippen LogP contribution in [0.15, 0.2) is 18.2 Å². The molecular formula is C13H16ClF3N2. The SMILES string of the molecule is CC1CN(c2ccc(Cl)cc2C(F)(F)F)CCCN1. The Kier molecular flexibility index (Phi) is 4.26. The first-order valence-corrected chi connectivity index (χ1v) is 6.61. The van der Waals surface area contributed by atoms with E-state index in [2.05, 4.69) is 5.32 Å². The summed E-state index contributed by atoms with van der Waals surface area (Å²) in [6.45, 7) is 3.97. The Bertz CT molecular complexity index is 448. The molecule has 0 amide bonds. The molecule has 1 fully saturated rings. The van der Waals surface area contributed by atoms with Crippen LogP contribution in [0, 0.1) is 0 Å². The fourth-order valence-corrected chi connectivity index (χ4v) is 2.51. The van der Waals surface area contributed by atoms with Crippen LogP contribution in [0.2, 0.25) is 5.02 Å². The summed E-state index contributed by atoms with van der Waals surface area (Å²) in [6.07, 6.45) is -3.56. The van der Waals surface area contributed by atoms with Crippen molar-refractivity contribution in [3.63, 3.8) is 0 Å². The van der Waals surface area contributed by atoms with Crippen LogP contribution in [0.3, 0.4) is 0 Å². The third-order valence-corrected chi connectivity index (χ3v) is 3.43. The van der Waals surface area contributed by atoms with Crippen LogP contribution < -0.4 is 10.2 Å². The molecule has 0 spiro atoms. The molecule has 2 rings (SSSR count). The zero-order valence-corrected chi connectivity index (χ0v) is 11.4. The fourth-order valence-electron chi connectivity index (χ4n) is 2.33. The molecular weight excluding hydrogens is 277 g/mol. The first kappa shape index (κ1) is 14.5. The highest BCUT2D eigenvalue weighted by Gasteiger charge is 2.35. The second-order valence-electron chi connectivity index (χ2n) is 4.81. The van der Waals surface area contributed by atoms with Crippen molar-refractivity contribution < 1.29 is 13.2 Å². The molecule has 0 saturated carbocycles. The van der Waals surface area contributed by atoms with E-state index in [1.165, 1.54) is 12.1 Å². The molecule has 2 nitrogen and oxygen atoms in total. The summed E-state index contributed by atoms with van der Waals surface area (Å²) in [5.74, 6) is 0. The van der Waals surface area contributed by atoms with E-state index in [1.807, 2.05) is 6.92 Å². The first-order chi connectivity index (χ1) is 8.88. The molecule has 1 aliphatic rings. The summed E-state index contributed by atoms with van der Waals surface area (Å²) in [4.78, 5) is 1.78. The van der Waals surface area contributed by atoms with Gasteiger partial charge in [0.15, 0.2) is 0 Å². The van der Waals surface area contributed by atoms with Gasteiger partial charge in [-0.25, -0.2) is 0 Å². The van der Waals surface area contributed by atoms with E-state index in [4.69, 9.17) is 11.6 Å². The topological polar surface area (TPSA) is 15.3 Å². The van der Waals surface area contributed by atoms with Crippen LogP contribution in [0.1, 0.15) is 18.9 Å². The number of nitrogens with zero attached hydrogens (tertiary/aromatic N) is 1. The average molecular weight is 293 g/mol. The van der Waals surface area contributed by atoms with Gasteiger partial charge in [0.25, 0.3) is 0 Å². The molecule has 1 heterocycles. The third-order valence-electron chi connectivity index (χ3n) is 3.20. The highest BCUT2D eigenvalue weighted by molar-refractivity contribution is 6.30. The van der Waals surface area contributed by atoms with Crippen molar-refractivity contribution >= 4 is 17.3 Å². The van der Waals surface area contributed by atoms with Crippen LogP contribution in [0.5, 0.6) is 0 Å². The number of anilines is 1. The smallest absolute Gasteiger partial charge is 0.369 e. The van der Waals surface area contributed by atoms with Gasteiger partial charge in [-0.2, -0.15) is 13.2 Å². The molecule has 0 bridgehead atoms. The molecule has 1 N–H and O–H groups in total. The summed E-state index contributed by atoms with van der Waals surface area (Å²) in [7, 11) is 0. The van der Waals surface area contributed by atoms with Crippen molar-refractivity contribution in [2.45, 2.75) is 25.6 Å². The molecule has 1 aromatic carbocycles. The van der Waals surface area contributed by atoms with Crippen molar-refractivity contribution in [1.82, 2.24) is 5.32 Å². The van der Waals surface area contributed by atoms with E-state index in [0.29, 0.717) is 13.1 Å². The van der Waals surface area contributed by atoms with Crippen molar-refractivity contribution in [3.05, 3.63) is 28.8 Å². The summed E-state index contributed by atoms with van der Waals surface area (Å²) in [6, 6.07) is 4.14. The lowest BCUT2D eigenvalue weighted by Crippen LogP contribution is -2.36. The van der Waals surface area contributed by atoms with E-state index in [9.17, 15) is 13.2 Å². The maximum atomic E-state index is 13.1. The standard InChI is InChI=1S/C13H16ClF3N2/c1-9-8-19(6-2-5-18-9)12-4-3-10(14)7-11(12)13(15,16)17/h3-4,7,9,18H,2,5-6,8H2,1H3. The molecule has 6 heteroatoms. The van der Waals surface area contributed by atoms with Crippen molar-refractivity contribution in [3.8, 4) is 0 Å². The predicted molar refractivity (Wildman–Crippen MR) is 70.7 cm³/mol. The molecule has 19 heavy (non-hydrogen) atoms. The van der Waals surface area contributed by atoms with E-state index in [1.54, 1.807) is 4.90 Å². The molecule has 0 radical (unpaired) electrons. The van der Waals surface area contributed by atoms with Gasteiger partial charge in [-0.05, 0) is 38.1 Å². The number of nitrogens with one attached hydrogen (secondary N) is 1. The van der Waals surface area contributed by atoms with Gasteiger partial charge < -0.3 is 10.2 Å². The van der Waals surface area contributed by atoms with Crippen LogP contribution in [-0.4, -0.2) is 25.7 Å². The number of hydrogen-bond acceptors (Lipinski definition) is 2. The molecule has 1 atom stereocenters. The third kappa shape index (κ3) is 3.54. The number of hydrogen-bond donors (Lipinski definition) is 1. The second-order valence-corrected chi connectivity index (χ2v) is 5.25. The number of halogens is 4. The van der Waals surface area contributed by atoms with Crippen LogP contribution in [0.4, 0.5) is 18.9 Å². The Morgan fingerprint density at radius 3 is 2.79 bits per heavy atom. The zero-order chi connectivity index (χ0) is 14.0. The van der Waals surface area contributed by atoms with Crippen molar-refractivity contribution in [1.29, 1.82) is 0 Å². The fraction of sp³-hybridized carbons (Fsp3) is 0.538. The van der Waals surface area contributed by atoms with Gasteiger partial charge in [0, 0.05) is 29.8 Å². The summed E-state index contributed by atoms with van der Waals surface area (Å²) < 4.78 is 39.2. The van der Waals surface area contributed by atoms with E-state index in [0.717, 1.165) is 19.0 Å². The minimum atomic E-state index is -4.39. The Morgan fingerprint density at radius 2 is 2.11 bits per heavy atom. The minimum Gasteiger partial charge on any atom is -0.369 e. The Labute approximate surface area is 115 Å².